The standard InChI is InChI=1S/C14H20FNO/c1-11(2)4-9-14(17)16(3)10-12-5-7-13(15)8-6-12/h5-8,11H,4,9-10H2,1-3H3. The number of halogens is 1. The van der Waals surface area contributed by atoms with Crippen molar-refractivity contribution in [2.45, 2.75) is 33.2 Å². The van der Waals surface area contributed by atoms with E-state index in [2.05, 4.69) is 13.8 Å². The largest absolute Gasteiger partial charge is 0.341 e. The van der Waals surface area contributed by atoms with Crippen LogP contribution in [0.5, 0.6) is 0 Å². The Hall–Kier alpha value is -1.38. The third kappa shape index (κ3) is 4.98. The predicted octanol–water partition coefficient (Wildman–Crippen LogP) is 3.22. The van der Waals surface area contributed by atoms with Gasteiger partial charge in [0.15, 0.2) is 0 Å². The molecule has 1 aromatic carbocycles. The van der Waals surface area contributed by atoms with E-state index in [1.807, 2.05) is 0 Å². The van der Waals surface area contributed by atoms with Crippen molar-refractivity contribution in [1.29, 1.82) is 0 Å². The van der Waals surface area contributed by atoms with Gasteiger partial charge in [-0.1, -0.05) is 26.0 Å². The molecule has 0 aliphatic carbocycles. The molecular weight excluding hydrogens is 217 g/mol. The number of amides is 1. The zero-order chi connectivity index (χ0) is 12.8. The first-order chi connectivity index (χ1) is 7.99. The molecule has 0 atom stereocenters. The predicted molar refractivity (Wildman–Crippen MR) is 66.9 cm³/mol. The molecule has 0 aliphatic rings. The van der Waals surface area contributed by atoms with E-state index >= 15 is 0 Å². The van der Waals surface area contributed by atoms with Crippen molar-refractivity contribution in [2.24, 2.45) is 5.92 Å². The molecule has 0 radical (unpaired) electrons. The van der Waals surface area contributed by atoms with Crippen LogP contribution in [-0.4, -0.2) is 17.9 Å². The number of hydrogen-bond acceptors (Lipinski definition) is 1. The van der Waals surface area contributed by atoms with Crippen molar-refractivity contribution < 1.29 is 9.18 Å². The van der Waals surface area contributed by atoms with E-state index < -0.39 is 0 Å². The summed E-state index contributed by atoms with van der Waals surface area (Å²) < 4.78 is 12.7. The highest BCUT2D eigenvalue weighted by Crippen LogP contribution is 2.09. The van der Waals surface area contributed by atoms with Crippen LogP contribution in [0.4, 0.5) is 4.39 Å². The Kier molecular flexibility index (Phi) is 5.13. The van der Waals surface area contributed by atoms with Crippen LogP contribution in [0.25, 0.3) is 0 Å². The highest BCUT2D eigenvalue weighted by atomic mass is 19.1. The van der Waals surface area contributed by atoms with E-state index in [1.54, 1.807) is 24.1 Å². The second-order valence-corrected chi connectivity index (χ2v) is 4.81. The minimum Gasteiger partial charge on any atom is -0.341 e. The van der Waals surface area contributed by atoms with Crippen molar-refractivity contribution in [3.63, 3.8) is 0 Å². The summed E-state index contributed by atoms with van der Waals surface area (Å²) in [4.78, 5) is 13.5. The summed E-state index contributed by atoms with van der Waals surface area (Å²) in [5.41, 5.74) is 0.951. The van der Waals surface area contributed by atoms with E-state index in [9.17, 15) is 9.18 Å². The van der Waals surface area contributed by atoms with Crippen LogP contribution >= 0.6 is 0 Å². The van der Waals surface area contributed by atoms with Gasteiger partial charge in [0.05, 0.1) is 0 Å². The average Bonchev–Trinajstić information content (AvgIpc) is 2.28. The lowest BCUT2D eigenvalue weighted by Gasteiger charge is -2.17. The minimum atomic E-state index is -0.248. The Morgan fingerprint density at radius 2 is 1.88 bits per heavy atom. The van der Waals surface area contributed by atoms with Crippen molar-refractivity contribution in [2.75, 3.05) is 7.05 Å². The number of benzene rings is 1. The molecule has 0 aromatic heterocycles. The maximum Gasteiger partial charge on any atom is 0.222 e. The number of carbonyl (C=O) groups excluding carboxylic acids is 1. The van der Waals surface area contributed by atoms with Gasteiger partial charge in [-0.05, 0) is 30.0 Å². The number of hydrogen-bond donors (Lipinski definition) is 0. The van der Waals surface area contributed by atoms with Crippen molar-refractivity contribution in [3.05, 3.63) is 35.6 Å². The molecule has 17 heavy (non-hydrogen) atoms. The zero-order valence-corrected chi connectivity index (χ0v) is 10.7. The Labute approximate surface area is 102 Å². The molecule has 1 amide bonds. The van der Waals surface area contributed by atoms with Crippen molar-refractivity contribution >= 4 is 5.91 Å². The molecule has 1 rings (SSSR count). The lowest BCUT2D eigenvalue weighted by atomic mass is 10.1. The Morgan fingerprint density at radius 1 is 1.29 bits per heavy atom. The van der Waals surface area contributed by atoms with Gasteiger partial charge in [-0.15, -0.1) is 0 Å². The molecule has 2 nitrogen and oxygen atoms in total. The molecular formula is C14H20FNO. The summed E-state index contributed by atoms with van der Waals surface area (Å²) in [6.07, 6.45) is 1.49. The van der Waals surface area contributed by atoms with Crippen LogP contribution in [0.15, 0.2) is 24.3 Å². The molecule has 0 spiro atoms. The first-order valence-corrected chi connectivity index (χ1v) is 5.97. The fraction of sp³-hybridized carbons (Fsp3) is 0.500. The van der Waals surface area contributed by atoms with E-state index in [4.69, 9.17) is 0 Å². The molecule has 0 fully saturated rings. The topological polar surface area (TPSA) is 20.3 Å². The third-order valence-electron chi connectivity index (χ3n) is 2.69. The lowest BCUT2D eigenvalue weighted by molar-refractivity contribution is -0.130. The molecule has 0 unspecified atom stereocenters. The molecule has 0 N–H and O–H groups in total. The van der Waals surface area contributed by atoms with E-state index in [-0.39, 0.29) is 11.7 Å². The molecule has 0 bridgehead atoms. The smallest absolute Gasteiger partial charge is 0.222 e. The molecule has 1 aromatic rings. The quantitative estimate of drug-likeness (QED) is 0.770. The van der Waals surface area contributed by atoms with Crippen LogP contribution in [0.1, 0.15) is 32.3 Å². The van der Waals surface area contributed by atoms with Crippen LogP contribution < -0.4 is 0 Å². The second-order valence-electron chi connectivity index (χ2n) is 4.81. The second kappa shape index (κ2) is 6.38. The summed E-state index contributed by atoms with van der Waals surface area (Å²) in [5.74, 6) is 0.434. The lowest BCUT2D eigenvalue weighted by Crippen LogP contribution is -2.26. The van der Waals surface area contributed by atoms with Gasteiger partial charge in [0.25, 0.3) is 0 Å². The van der Waals surface area contributed by atoms with Gasteiger partial charge in [0, 0.05) is 20.0 Å². The maximum absolute atomic E-state index is 12.7. The van der Waals surface area contributed by atoms with Gasteiger partial charge in [0.1, 0.15) is 5.82 Å². The number of carbonyl (C=O) groups is 1. The van der Waals surface area contributed by atoms with E-state index in [1.165, 1.54) is 12.1 Å². The van der Waals surface area contributed by atoms with Crippen molar-refractivity contribution in [3.8, 4) is 0 Å². The molecule has 94 valence electrons. The summed E-state index contributed by atoms with van der Waals surface area (Å²) in [5, 5.41) is 0. The minimum absolute atomic E-state index is 0.142. The Bertz CT molecular complexity index is 359. The SMILES string of the molecule is CC(C)CCC(=O)N(C)Cc1ccc(F)cc1. The van der Waals surface area contributed by atoms with Gasteiger partial charge in [-0.2, -0.15) is 0 Å². The molecule has 0 saturated heterocycles. The number of nitrogens with zero attached hydrogens (tertiary/aromatic N) is 1. The molecule has 0 saturated carbocycles. The highest BCUT2D eigenvalue weighted by Gasteiger charge is 2.09. The first kappa shape index (κ1) is 13.7. The van der Waals surface area contributed by atoms with Gasteiger partial charge >= 0.3 is 0 Å². The van der Waals surface area contributed by atoms with Crippen LogP contribution in [-0.2, 0) is 11.3 Å². The molecule has 3 heteroatoms. The maximum atomic E-state index is 12.7. The normalized spacial score (nSPS) is 10.6. The van der Waals surface area contributed by atoms with E-state index in [0.29, 0.717) is 18.9 Å². The Morgan fingerprint density at radius 3 is 2.41 bits per heavy atom. The Balaban J connectivity index is 2.45. The van der Waals surface area contributed by atoms with E-state index in [0.717, 1.165) is 12.0 Å². The van der Waals surface area contributed by atoms with Gasteiger partial charge < -0.3 is 4.90 Å². The highest BCUT2D eigenvalue weighted by molar-refractivity contribution is 5.75. The summed E-state index contributed by atoms with van der Waals surface area (Å²) in [6.45, 7) is 4.75. The van der Waals surface area contributed by atoms with Gasteiger partial charge in [-0.25, -0.2) is 4.39 Å². The summed E-state index contributed by atoms with van der Waals surface area (Å²) in [7, 11) is 1.78. The van der Waals surface area contributed by atoms with Crippen LogP contribution in [0, 0.1) is 11.7 Å². The first-order valence-electron chi connectivity index (χ1n) is 5.97. The third-order valence-corrected chi connectivity index (χ3v) is 2.69. The van der Waals surface area contributed by atoms with Crippen LogP contribution in [0.2, 0.25) is 0 Å². The molecule has 0 aliphatic heterocycles. The van der Waals surface area contributed by atoms with Gasteiger partial charge in [0.2, 0.25) is 5.91 Å². The zero-order valence-electron chi connectivity index (χ0n) is 10.7. The van der Waals surface area contributed by atoms with Crippen molar-refractivity contribution in [1.82, 2.24) is 4.90 Å². The summed E-state index contributed by atoms with van der Waals surface area (Å²) in [6, 6.07) is 6.26. The number of rotatable bonds is 5. The fourth-order valence-electron chi connectivity index (χ4n) is 1.55. The average molecular weight is 237 g/mol. The van der Waals surface area contributed by atoms with Gasteiger partial charge in [-0.3, -0.25) is 4.79 Å². The monoisotopic (exact) mass is 237 g/mol. The molecule has 0 heterocycles. The summed E-state index contributed by atoms with van der Waals surface area (Å²) >= 11 is 0. The van der Waals surface area contributed by atoms with Crippen LogP contribution in [0.3, 0.4) is 0 Å². The fourth-order valence-corrected chi connectivity index (χ4v) is 1.55.